The van der Waals surface area contributed by atoms with Gasteiger partial charge >= 0.3 is 5.97 Å². The molecule has 42 heavy (non-hydrogen) atoms. The molecule has 4 atom stereocenters. The van der Waals surface area contributed by atoms with Crippen LogP contribution in [-0.2, 0) is 27.9 Å². The Morgan fingerprint density at radius 2 is 1.55 bits per heavy atom. The minimum atomic E-state index is -0.721. The molecule has 2 unspecified atom stereocenters. The minimum Gasteiger partial charge on any atom is -0.492 e. The van der Waals surface area contributed by atoms with Gasteiger partial charge in [-0.05, 0) is 77.3 Å². The van der Waals surface area contributed by atoms with Crippen LogP contribution in [0.2, 0.25) is 5.02 Å². The zero-order valence-corrected chi connectivity index (χ0v) is 25.9. The number of fused-ring (bicyclic) bond motifs is 1. The molecular weight excluding hydrogens is 548 g/mol. The van der Waals surface area contributed by atoms with E-state index in [4.69, 9.17) is 25.8 Å². The summed E-state index contributed by atoms with van der Waals surface area (Å²) in [5, 5.41) is 4.47. The number of hydrogen-bond donors (Lipinski definition) is 1. The lowest BCUT2D eigenvalue weighted by atomic mass is 9.87. The van der Waals surface area contributed by atoms with E-state index in [9.17, 15) is 4.79 Å². The lowest BCUT2D eigenvalue weighted by Gasteiger charge is -2.21. The summed E-state index contributed by atoms with van der Waals surface area (Å²) in [6.07, 6.45) is -0.303. The molecule has 1 heterocycles. The Labute approximate surface area is 255 Å². The van der Waals surface area contributed by atoms with Crippen molar-refractivity contribution in [3.63, 3.8) is 0 Å². The Morgan fingerprint density at radius 3 is 2.17 bits per heavy atom. The maximum absolute atomic E-state index is 12.7. The van der Waals surface area contributed by atoms with Crippen LogP contribution in [-0.4, -0.2) is 55.9 Å². The fourth-order valence-corrected chi connectivity index (χ4v) is 5.96. The quantitative estimate of drug-likeness (QED) is 0.186. The molecule has 0 bridgehead atoms. The Balaban J connectivity index is 1.04. The predicted molar refractivity (Wildman–Crippen MR) is 167 cm³/mol. The number of carbonyl (C=O) groups is 1. The molecule has 5 rings (SSSR count). The Bertz CT molecular complexity index is 1290. The van der Waals surface area contributed by atoms with E-state index >= 15 is 0 Å². The molecule has 6 nitrogen and oxygen atoms in total. The summed E-state index contributed by atoms with van der Waals surface area (Å²) < 4.78 is 17.4. The van der Waals surface area contributed by atoms with Crippen LogP contribution in [0.4, 0.5) is 0 Å². The van der Waals surface area contributed by atoms with Crippen molar-refractivity contribution in [2.24, 2.45) is 11.8 Å². The highest BCUT2D eigenvalue weighted by atomic mass is 35.5. The monoisotopic (exact) mass is 590 g/mol. The van der Waals surface area contributed by atoms with Crippen LogP contribution in [0.3, 0.4) is 0 Å². The summed E-state index contributed by atoms with van der Waals surface area (Å²) in [4.78, 5) is 15.2. The highest BCUT2D eigenvalue weighted by molar-refractivity contribution is 6.30. The van der Waals surface area contributed by atoms with Gasteiger partial charge in [-0.2, -0.15) is 0 Å². The molecule has 0 amide bonds. The second-order valence-corrected chi connectivity index (χ2v) is 12.9. The van der Waals surface area contributed by atoms with Crippen molar-refractivity contribution >= 4 is 17.6 Å². The van der Waals surface area contributed by atoms with Crippen LogP contribution in [0.5, 0.6) is 11.5 Å². The molecule has 2 fully saturated rings. The maximum atomic E-state index is 12.7. The summed E-state index contributed by atoms with van der Waals surface area (Å²) in [7, 11) is 0. The third-order valence-electron chi connectivity index (χ3n) is 8.23. The van der Waals surface area contributed by atoms with Gasteiger partial charge in [0, 0.05) is 43.7 Å². The zero-order chi connectivity index (χ0) is 29.7. The summed E-state index contributed by atoms with van der Waals surface area (Å²) in [5.41, 5.74) is 3.57. The first-order valence-corrected chi connectivity index (χ1v) is 15.4. The molecule has 0 spiro atoms. The highest BCUT2D eigenvalue weighted by Crippen LogP contribution is 2.45. The van der Waals surface area contributed by atoms with Crippen LogP contribution < -0.4 is 14.8 Å². The molecule has 1 aliphatic heterocycles. The maximum Gasteiger partial charge on any atom is 0.347 e. The number of halogens is 1. The number of likely N-dealkylation sites (tertiary alicyclic amines) is 1. The number of esters is 1. The van der Waals surface area contributed by atoms with Gasteiger partial charge in [-0.25, -0.2) is 4.79 Å². The smallest absolute Gasteiger partial charge is 0.347 e. The average Bonchev–Trinajstić information content (AvgIpc) is 3.42. The van der Waals surface area contributed by atoms with Gasteiger partial charge in [-0.15, -0.1) is 0 Å². The third kappa shape index (κ3) is 8.06. The van der Waals surface area contributed by atoms with E-state index in [0.29, 0.717) is 31.4 Å². The fraction of sp³-hybridized carbons (Fsp3) is 0.457. The van der Waals surface area contributed by atoms with Gasteiger partial charge in [-0.3, -0.25) is 4.90 Å². The molecule has 3 aromatic rings. The van der Waals surface area contributed by atoms with Gasteiger partial charge in [0.2, 0.25) is 0 Å². The molecule has 0 radical (unpaired) electrons. The number of rotatable bonds is 13. The Hall–Kier alpha value is -3.06. The van der Waals surface area contributed by atoms with E-state index in [1.807, 2.05) is 60.7 Å². The van der Waals surface area contributed by atoms with Gasteiger partial charge in [0.05, 0.1) is 6.61 Å². The summed E-state index contributed by atoms with van der Waals surface area (Å²) in [5.74, 6) is 2.59. The lowest BCUT2D eigenvalue weighted by Crippen LogP contribution is -2.33. The highest BCUT2D eigenvalue weighted by Gasteiger charge is 2.55. The van der Waals surface area contributed by atoms with E-state index in [1.54, 1.807) is 6.92 Å². The molecule has 1 aliphatic carbocycles. The van der Waals surface area contributed by atoms with Crippen LogP contribution in [0.25, 0.3) is 0 Å². The van der Waals surface area contributed by atoms with Crippen LogP contribution in [0.15, 0.2) is 72.8 Å². The van der Waals surface area contributed by atoms with Gasteiger partial charge in [0.1, 0.15) is 18.1 Å². The van der Waals surface area contributed by atoms with Gasteiger partial charge in [0.15, 0.2) is 6.10 Å². The first-order chi connectivity index (χ1) is 20.2. The third-order valence-corrected chi connectivity index (χ3v) is 8.48. The molecule has 1 N–H and O–H groups in total. The number of nitrogens with zero attached hydrogens (tertiary/aromatic N) is 1. The second kappa shape index (κ2) is 13.5. The van der Waals surface area contributed by atoms with Crippen LogP contribution in [0.1, 0.15) is 44.4 Å². The average molecular weight is 591 g/mol. The van der Waals surface area contributed by atoms with E-state index in [-0.39, 0.29) is 11.4 Å². The second-order valence-electron chi connectivity index (χ2n) is 12.5. The number of carbonyl (C=O) groups excluding carboxylic acids is 1. The molecule has 3 aromatic carbocycles. The van der Waals surface area contributed by atoms with Crippen molar-refractivity contribution in [1.82, 2.24) is 10.2 Å². The molecule has 224 valence electrons. The van der Waals surface area contributed by atoms with Crippen LogP contribution >= 0.6 is 11.6 Å². The molecule has 7 heteroatoms. The first kappa shape index (κ1) is 30.4. The van der Waals surface area contributed by atoms with Crippen molar-refractivity contribution in [1.29, 1.82) is 0 Å². The molecule has 1 saturated carbocycles. The van der Waals surface area contributed by atoms with Crippen molar-refractivity contribution in [3.05, 3.63) is 94.5 Å². The number of nitrogens with one attached hydrogen (secondary N) is 1. The first-order valence-electron chi connectivity index (χ1n) is 15.1. The van der Waals surface area contributed by atoms with Crippen molar-refractivity contribution in [2.45, 2.75) is 58.2 Å². The molecule has 0 aromatic heterocycles. The van der Waals surface area contributed by atoms with Crippen molar-refractivity contribution < 1.29 is 19.0 Å². The lowest BCUT2D eigenvalue weighted by molar-refractivity contribution is -0.151. The SMILES string of the molecule is CCOC(=O)[C@@H](Cc1ccc(OCCNC2C3CN(Cc4ccc(Cl)cc4)C[C@@H]32)cc1)Oc1ccc(C(C)(C)C)cc1. The van der Waals surface area contributed by atoms with Crippen LogP contribution in [0, 0.1) is 11.8 Å². The summed E-state index contributed by atoms with van der Waals surface area (Å²) in [6.45, 7) is 13.4. The number of ether oxygens (including phenoxy) is 3. The Morgan fingerprint density at radius 1 is 0.929 bits per heavy atom. The minimum absolute atomic E-state index is 0.0523. The van der Waals surface area contributed by atoms with Gasteiger partial charge in [-0.1, -0.05) is 68.8 Å². The van der Waals surface area contributed by atoms with Crippen molar-refractivity contribution in [3.8, 4) is 11.5 Å². The number of piperidine rings is 1. The van der Waals surface area contributed by atoms with Gasteiger partial charge in [0.25, 0.3) is 0 Å². The summed E-state index contributed by atoms with van der Waals surface area (Å²) in [6, 6.07) is 24.6. The van der Waals surface area contributed by atoms with E-state index in [1.165, 1.54) is 11.1 Å². The predicted octanol–water partition coefficient (Wildman–Crippen LogP) is 6.29. The van der Waals surface area contributed by atoms with Crippen molar-refractivity contribution in [2.75, 3.05) is 32.8 Å². The molecule has 2 aliphatic rings. The normalized spacial score (nSPS) is 20.5. The number of hydrogen-bond acceptors (Lipinski definition) is 6. The van der Waals surface area contributed by atoms with E-state index in [2.05, 4.69) is 43.1 Å². The fourth-order valence-electron chi connectivity index (χ4n) is 5.83. The van der Waals surface area contributed by atoms with E-state index < -0.39 is 6.10 Å². The summed E-state index contributed by atoms with van der Waals surface area (Å²) >= 11 is 6.01. The van der Waals surface area contributed by atoms with E-state index in [0.717, 1.165) is 54.4 Å². The largest absolute Gasteiger partial charge is 0.492 e. The molecule has 1 saturated heterocycles. The topological polar surface area (TPSA) is 60.0 Å². The number of benzene rings is 3. The van der Waals surface area contributed by atoms with Gasteiger partial charge < -0.3 is 19.5 Å². The zero-order valence-electron chi connectivity index (χ0n) is 25.1. The Kier molecular flexibility index (Phi) is 9.77. The molecular formula is C35H43ClN2O4. The standard InChI is InChI=1S/C35H43ClN2O4/c1-5-40-34(39)32(42-29-16-10-26(11-17-29)35(2,3)4)20-24-8-14-28(15-9-24)41-19-18-37-33-30-22-38(23-31(30)33)21-25-6-12-27(36)13-7-25/h6-17,30-33,37H,5,18-23H2,1-4H3/t30-,31?,32+,33?/m0/s1.